The summed E-state index contributed by atoms with van der Waals surface area (Å²) in [7, 11) is 0. The molecule has 0 amide bonds. The summed E-state index contributed by atoms with van der Waals surface area (Å²) >= 11 is 0. The fourth-order valence-corrected chi connectivity index (χ4v) is 2.47. The number of hydrogen-bond acceptors (Lipinski definition) is 3. The van der Waals surface area contributed by atoms with E-state index in [1.807, 2.05) is 54.6 Å². The number of aromatic amines is 1. The van der Waals surface area contributed by atoms with E-state index in [4.69, 9.17) is 0 Å². The van der Waals surface area contributed by atoms with Crippen molar-refractivity contribution >= 4 is 28.2 Å². The van der Waals surface area contributed by atoms with Gasteiger partial charge in [0.1, 0.15) is 5.52 Å². The molecule has 2 aromatic carbocycles. The third-order valence-corrected chi connectivity index (χ3v) is 3.53. The molecule has 0 bridgehead atoms. The van der Waals surface area contributed by atoms with Gasteiger partial charge in [-0.2, -0.15) is 9.78 Å². The van der Waals surface area contributed by atoms with Crippen molar-refractivity contribution in [3.63, 3.8) is 0 Å². The molecule has 0 unspecified atom stereocenters. The van der Waals surface area contributed by atoms with Crippen molar-refractivity contribution in [1.29, 1.82) is 0 Å². The molecule has 5 heteroatoms. The Morgan fingerprint density at radius 2 is 1.82 bits per heavy atom. The van der Waals surface area contributed by atoms with Crippen molar-refractivity contribution in [1.82, 2.24) is 14.6 Å². The third kappa shape index (κ3) is 2.00. The minimum Gasteiger partial charge on any atom is -0.303 e. The van der Waals surface area contributed by atoms with E-state index in [1.54, 1.807) is 12.4 Å². The number of fused-ring (bicyclic) bond motifs is 3. The molecule has 2 aromatic heterocycles. The lowest BCUT2D eigenvalue weighted by atomic mass is 10.2. The quantitative estimate of drug-likeness (QED) is 0.576. The Kier molecular flexibility index (Phi) is 2.83. The first kappa shape index (κ1) is 12.5. The van der Waals surface area contributed by atoms with Crippen molar-refractivity contribution in [2.24, 2.45) is 5.10 Å². The molecule has 106 valence electrons. The summed E-state index contributed by atoms with van der Waals surface area (Å²) in [4.78, 5) is 19.4. The fraction of sp³-hybridized carbons (Fsp3) is 0. The lowest BCUT2D eigenvalue weighted by Gasteiger charge is -1.99. The lowest BCUT2D eigenvalue weighted by Crippen LogP contribution is -2.12. The van der Waals surface area contributed by atoms with Crippen LogP contribution in [-0.2, 0) is 0 Å². The molecule has 1 N–H and O–H groups in total. The molecule has 0 aliphatic carbocycles. The molecule has 0 spiro atoms. The number of benzene rings is 2. The van der Waals surface area contributed by atoms with Gasteiger partial charge in [0.2, 0.25) is 0 Å². The summed E-state index contributed by atoms with van der Waals surface area (Å²) in [6.45, 7) is 0. The van der Waals surface area contributed by atoms with Gasteiger partial charge in [-0.1, -0.05) is 48.5 Å². The first-order valence-corrected chi connectivity index (χ1v) is 6.91. The molecule has 0 saturated carbocycles. The van der Waals surface area contributed by atoms with Crippen molar-refractivity contribution in [3.05, 3.63) is 76.8 Å². The largest absolute Gasteiger partial charge is 0.347 e. The zero-order chi connectivity index (χ0) is 14.9. The Morgan fingerprint density at radius 1 is 1.05 bits per heavy atom. The molecule has 0 saturated heterocycles. The standard InChI is InChI=1S/C17H12N4O/c22-17-20-16-13-8-4-5-9-14(13)18-11-15(16)21(17)19-10-12-6-2-1-3-7-12/h1-11H,(H,20,22)/b19-10+. The maximum atomic E-state index is 12.2. The molecular weight excluding hydrogens is 276 g/mol. The molecule has 22 heavy (non-hydrogen) atoms. The van der Waals surface area contributed by atoms with E-state index >= 15 is 0 Å². The van der Waals surface area contributed by atoms with E-state index in [-0.39, 0.29) is 5.69 Å². The van der Waals surface area contributed by atoms with Crippen LogP contribution in [0.15, 0.2) is 70.7 Å². The van der Waals surface area contributed by atoms with Gasteiger partial charge in [0.25, 0.3) is 0 Å². The average molecular weight is 288 g/mol. The van der Waals surface area contributed by atoms with Crippen molar-refractivity contribution < 1.29 is 0 Å². The third-order valence-electron chi connectivity index (χ3n) is 3.53. The first-order valence-electron chi connectivity index (χ1n) is 6.91. The second-order valence-electron chi connectivity index (χ2n) is 4.93. The van der Waals surface area contributed by atoms with Gasteiger partial charge >= 0.3 is 5.69 Å². The number of imidazole rings is 1. The molecule has 0 fully saturated rings. The molecule has 4 rings (SSSR count). The second kappa shape index (κ2) is 4.96. The summed E-state index contributed by atoms with van der Waals surface area (Å²) in [5.74, 6) is 0. The second-order valence-corrected chi connectivity index (χ2v) is 4.93. The number of hydrogen-bond donors (Lipinski definition) is 1. The summed E-state index contributed by atoms with van der Waals surface area (Å²) < 4.78 is 1.34. The molecule has 0 radical (unpaired) electrons. The van der Waals surface area contributed by atoms with Gasteiger partial charge in [-0.25, -0.2) is 4.79 Å². The molecule has 2 heterocycles. The van der Waals surface area contributed by atoms with E-state index in [1.165, 1.54) is 4.68 Å². The van der Waals surface area contributed by atoms with E-state index < -0.39 is 0 Å². The molecule has 4 aromatic rings. The van der Waals surface area contributed by atoms with Gasteiger partial charge < -0.3 is 4.98 Å². The number of nitrogens with one attached hydrogen (secondary N) is 1. The van der Waals surface area contributed by atoms with Crippen molar-refractivity contribution in [3.8, 4) is 0 Å². The summed E-state index contributed by atoms with van der Waals surface area (Å²) in [6, 6.07) is 17.3. The first-order chi connectivity index (χ1) is 10.8. The Bertz CT molecular complexity index is 1040. The van der Waals surface area contributed by atoms with Gasteiger partial charge in [-0.3, -0.25) is 4.98 Å². The smallest absolute Gasteiger partial charge is 0.303 e. The van der Waals surface area contributed by atoms with Gasteiger partial charge in [-0.05, 0) is 11.6 Å². The predicted octanol–water partition coefficient (Wildman–Crippen LogP) is 2.76. The van der Waals surface area contributed by atoms with Crippen LogP contribution in [0.5, 0.6) is 0 Å². The number of nitrogens with zero attached hydrogens (tertiary/aromatic N) is 3. The molecule has 0 atom stereocenters. The molecular formula is C17H12N4O. The number of H-pyrrole nitrogens is 1. The van der Waals surface area contributed by atoms with Crippen LogP contribution < -0.4 is 5.69 Å². The topological polar surface area (TPSA) is 63.0 Å². The SMILES string of the molecule is O=c1[nH]c2c3ccccc3ncc2n1/N=C/c1ccccc1. The van der Waals surface area contributed by atoms with E-state index in [0.29, 0.717) is 5.52 Å². The number of aromatic nitrogens is 3. The number of pyridine rings is 1. The number of para-hydroxylation sites is 1. The van der Waals surface area contributed by atoms with Crippen LogP contribution in [0.4, 0.5) is 0 Å². The summed E-state index contributed by atoms with van der Waals surface area (Å²) in [6.07, 6.45) is 3.32. The van der Waals surface area contributed by atoms with Gasteiger partial charge in [0.05, 0.1) is 23.4 Å². The summed E-state index contributed by atoms with van der Waals surface area (Å²) in [5, 5.41) is 5.19. The van der Waals surface area contributed by atoms with E-state index in [9.17, 15) is 4.79 Å². The highest BCUT2D eigenvalue weighted by molar-refractivity contribution is 6.01. The van der Waals surface area contributed by atoms with Crippen LogP contribution >= 0.6 is 0 Å². The zero-order valence-electron chi connectivity index (χ0n) is 11.6. The Morgan fingerprint density at radius 3 is 2.68 bits per heavy atom. The average Bonchev–Trinajstić information content (AvgIpc) is 2.90. The van der Waals surface area contributed by atoms with Crippen LogP contribution in [0.1, 0.15) is 5.56 Å². The Hall–Kier alpha value is -3.21. The summed E-state index contributed by atoms with van der Waals surface area (Å²) in [5.41, 5.74) is 2.91. The van der Waals surface area contributed by atoms with Gasteiger partial charge in [0.15, 0.2) is 0 Å². The Balaban J connectivity index is 1.92. The maximum absolute atomic E-state index is 12.2. The van der Waals surface area contributed by atoms with Crippen molar-refractivity contribution in [2.45, 2.75) is 0 Å². The van der Waals surface area contributed by atoms with Gasteiger partial charge in [0, 0.05) is 5.39 Å². The van der Waals surface area contributed by atoms with Crippen LogP contribution in [0.3, 0.4) is 0 Å². The maximum Gasteiger partial charge on any atom is 0.347 e. The van der Waals surface area contributed by atoms with E-state index in [0.717, 1.165) is 22.0 Å². The van der Waals surface area contributed by atoms with E-state index in [2.05, 4.69) is 15.1 Å². The molecule has 0 aliphatic rings. The lowest BCUT2D eigenvalue weighted by molar-refractivity contribution is 0.862. The monoisotopic (exact) mass is 288 g/mol. The highest BCUT2D eigenvalue weighted by atomic mass is 16.2. The highest BCUT2D eigenvalue weighted by Crippen LogP contribution is 2.20. The Labute approximate surface area is 125 Å². The van der Waals surface area contributed by atoms with Crippen LogP contribution in [0, 0.1) is 0 Å². The van der Waals surface area contributed by atoms with Crippen LogP contribution in [-0.4, -0.2) is 20.9 Å². The minimum atomic E-state index is -0.277. The normalized spacial score (nSPS) is 11.6. The molecule has 0 aliphatic heterocycles. The van der Waals surface area contributed by atoms with Crippen LogP contribution in [0.25, 0.3) is 21.9 Å². The highest BCUT2D eigenvalue weighted by Gasteiger charge is 2.09. The van der Waals surface area contributed by atoms with Gasteiger partial charge in [-0.15, -0.1) is 0 Å². The number of rotatable bonds is 2. The molecule has 5 nitrogen and oxygen atoms in total. The van der Waals surface area contributed by atoms with Crippen molar-refractivity contribution in [2.75, 3.05) is 0 Å². The fourth-order valence-electron chi connectivity index (χ4n) is 2.47. The zero-order valence-corrected chi connectivity index (χ0v) is 11.6. The van der Waals surface area contributed by atoms with Crippen LogP contribution in [0.2, 0.25) is 0 Å². The minimum absolute atomic E-state index is 0.277. The predicted molar refractivity (Wildman–Crippen MR) is 87.3 cm³/mol.